The number of nitrogens with zero attached hydrogens (tertiary/aromatic N) is 2. The van der Waals surface area contributed by atoms with Crippen LogP contribution in [0.1, 0.15) is 36.2 Å². The number of carbonyl (C=O) groups is 1. The summed E-state index contributed by atoms with van der Waals surface area (Å²) in [6, 6.07) is 10.8. The van der Waals surface area contributed by atoms with E-state index in [1.165, 1.54) is 14.7 Å². The first-order chi connectivity index (χ1) is 13.0. The molecule has 27 heavy (non-hydrogen) atoms. The molecule has 4 rings (SSSR count). The number of thiophene rings is 1. The van der Waals surface area contributed by atoms with Gasteiger partial charge in [-0.15, -0.1) is 11.3 Å². The Balaban J connectivity index is 1.42. The van der Waals surface area contributed by atoms with Crippen molar-refractivity contribution >= 4 is 27.3 Å². The Labute approximate surface area is 164 Å². The highest BCUT2D eigenvalue weighted by Gasteiger charge is 2.36. The van der Waals surface area contributed by atoms with Gasteiger partial charge in [0.1, 0.15) is 0 Å². The molecule has 1 fully saturated rings. The van der Waals surface area contributed by atoms with Gasteiger partial charge in [-0.3, -0.25) is 4.79 Å². The van der Waals surface area contributed by atoms with Crippen molar-refractivity contribution < 1.29 is 13.2 Å². The molecule has 2 aromatic rings. The fourth-order valence-corrected chi connectivity index (χ4v) is 6.58. The highest BCUT2D eigenvalue weighted by atomic mass is 32.2. The van der Waals surface area contributed by atoms with E-state index in [-0.39, 0.29) is 17.9 Å². The molecule has 0 spiro atoms. The van der Waals surface area contributed by atoms with Crippen LogP contribution in [-0.4, -0.2) is 43.2 Å². The number of hydrogen-bond acceptors (Lipinski definition) is 4. The number of carbonyl (C=O) groups excluding carboxylic acids is 1. The van der Waals surface area contributed by atoms with E-state index in [9.17, 15) is 13.2 Å². The molecule has 1 aromatic heterocycles. The van der Waals surface area contributed by atoms with Gasteiger partial charge in [0.2, 0.25) is 15.9 Å². The van der Waals surface area contributed by atoms with Crippen LogP contribution in [0, 0.1) is 5.92 Å². The normalized spacial score (nSPS) is 21.8. The smallest absolute Gasteiger partial charge is 0.243 e. The molecule has 0 bridgehead atoms. The predicted molar refractivity (Wildman–Crippen MR) is 106 cm³/mol. The molecule has 5 nitrogen and oxygen atoms in total. The Bertz CT molecular complexity index is 916. The van der Waals surface area contributed by atoms with E-state index in [2.05, 4.69) is 18.4 Å². The second-order valence-corrected chi connectivity index (χ2v) is 10.2. The molecule has 3 heterocycles. The number of benzene rings is 1. The average Bonchev–Trinajstić information content (AvgIpc) is 3.18. The van der Waals surface area contributed by atoms with E-state index in [4.69, 9.17) is 0 Å². The SMILES string of the molecule is C[C@@H]1c2ccsc2CCN1C(=O)C1CCN(S(=O)(=O)c2ccccc2)CC1. The van der Waals surface area contributed by atoms with Crippen molar-refractivity contribution in [3.8, 4) is 0 Å². The van der Waals surface area contributed by atoms with Crippen molar-refractivity contribution in [2.24, 2.45) is 5.92 Å². The Hall–Kier alpha value is -1.70. The van der Waals surface area contributed by atoms with Crippen molar-refractivity contribution in [3.05, 3.63) is 52.2 Å². The van der Waals surface area contributed by atoms with Crippen LogP contribution in [0.25, 0.3) is 0 Å². The second-order valence-electron chi connectivity index (χ2n) is 7.25. The quantitative estimate of drug-likeness (QED) is 0.789. The lowest BCUT2D eigenvalue weighted by Crippen LogP contribution is -2.46. The van der Waals surface area contributed by atoms with Crippen molar-refractivity contribution in [1.29, 1.82) is 0 Å². The van der Waals surface area contributed by atoms with Gasteiger partial charge in [-0.1, -0.05) is 18.2 Å². The lowest BCUT2D eigenvalue weighted by molar-refractivity contribution is -0.139. The minimum Gasteiger partial charge on any atom is -0.335 e. The maximum Gasteiger partial charge on any atom is 0.243 e. The molecular formula is C20H24N2O3S2. The van der Waals surface area contributed by atoms with E-state index in [1.807, 2.05) is 11.0 Å². The van der Waals surface area contributed by atoms with Crippen LogP contribution in [-0.2, 0) is 21.2 Å². The number of rotatable bonds is 3. The van der Waals surface area contributed by atoms with Gasteiger partial charge in [0.15, 0.2) is 0 Å². The fraction of sp³-hybridized carbons (Fsp3) is 0.450. The monoisotopic (exact) mass is 404 g/mol. The minimum atomic E-state index is -3.47. The molecule has 144 valence electrons. The molecule has 0 saturated carbocycles. The van der Waals surface area contributed by atoms with Crippen LogP contribution in [0.3, 0.4) is 0 Å². The predicted octanol–water partition coefficient (Wildman–Crippen LogP) is 3.29. The van der Waals surface area contributed by atoms with Crippen molar-refractivity contribution in [3.63, 3.8) is 0 Å². The summed E-state index contributed by atoms with van der Waals surface area (Å²) in [4.78, 5) is 16.8. The van der Waals surface area contributed by atoms with Crippen LogP contribution >= 0.6 is 11.3 Å². The van der Waals surface area contributed by atoms with Gasteiger partial charge in [-0.05, 0) is 55.3 Å². The first-order valence-corrected chi connectivity index (χ1v) is 11.7. The molecule has 2 aliphatic heterocycles. The summed E-state index contributed by atoms with van der Waals surface area (Å²) in [5, 5.41) is 2.10. The van der Waals surface area contributed by atoms with Crippen molar-refractivity contribution in [2.45, 2.75) is 37.1 Å². The Morgan fingerprint density at radius 1 is 1.07 bits per heavy atom. The lowest BCUT2D eigenvalue weighted by Gasteiger charge is -2.38. The number of piperidine rings is 1. The molecule has 0 aliphatic carbocycles. The Morgan fingerprint density at radius 3 is 2.48 bits per heavy atom. The molecule has 1 saturated heterocycles. The third-order valence-electron chi connectivity index (χ3n) is 5.74. The number of hydrogen-bond donors (Lipinski definition) is 0. The van der Waals surface area contributed by atoms with E-state index >= 15 is 0 Å². The minimum absolute atomic E-state index is 0.0881. The molecule has 2 aliphatic rings. The number of amides is 1. The van der Waals surface area contributed by atoms with Gasteiger partial charge in [-0.2, -0.15) is 4.31 Å². The molecule has 0 unspecified atom stereocenters. The van der Waals surface area contributed by atoms with Crippen LogP contribution in [0.15, 0.2) is 46.7 Å². The molecule has 1 amide bonds. The zero-order chi connectivity index (χ0) is 19.0. The molecule has 1 aromatic carbocycles. The zero-order valence-corrected chi connectivity index (χ0v) is 17.0. The molecular weight excluding hydrogens is 380 g/mol. The second kappa shape index (κ2) is 7.37. The van der Waals surface area contributed by atoms with E-state index in [0.717, 1.165) is 13.0 Å². The summed E-state index contributed by atoms with van der Waals surface area (Å²) < 4.78 is 27.0. The van der Waals surface area contributed by atoms with Crippen LogP contribution in [0.2, 0.25) is 0 Å². The van der Waals surface area contributed by atoms with Crippen molar-refractivity contribution in [2.75, 3.05) is 19.6 Å². The zero-order valence-electron chi connectivity index (χ0n) is 15.4. The average molecular weight is 405 g/mol. The van der Waals surface area contributed by atoms with Crippen LogP contribution < -0.4 is 0 Å². The largest absolute Gasteiger partial charge is 0.335 e. The van der Waals surface area contributed by atoms with E-state index in [1.54, 1.807) is 35.6 Å². The van der Waals surface area contributed by atoms with E-state index < -0.39 is 10.0 Å². The summed E-state index contributed by atoms with van der Waals surface area (Å²) in [5.74, 6) is 0.0889. The fourth-order valence-electron chi connectivity index (χ4n) is 4.13. The van der Waals surface area contributed by atoms with Gasteiger partial charge in [0, 0.05) is 30.4 Å². The van der Waals surface area contributed by atoms with Gasteiger partial charge in [-0.25, -0.2) is 8.42 Å². The van der Waals surface area contributed by atoms with Crippen LogP contribution in [0.5, 0.6) is 0 Å². The first-order valence-electron chi connectivity index (χ1n) is 9.40. The summed E-state index contributed by atoms with van der Waals surface area (Å²) >= 11 is 1.77. The maximum atomic E-state index is 13.1. The highest BCUT2D eigenvalue weighted by molar-refractivity contribution is 7.89. The summed E-state index contributed by atoms with van der Waals surface area (Å²) in [5.41, 5.74) is 1.27. The first kappa shape index (κ1) is 18.7. The molecule has 0 radical (unpaired) electrons. The molecule has 0 N–H and O–H groups in total. The maximum absolute atomic E-state index is 13.1. The standard InChI is InChI=1S/C20H24N2O3S2/c1-15-18-10-14-26-19(18)9-13-22(15)20(23)16-7-11-21(12-8-16)27(24,25)17-5-3-2-4-6-17/h2-6,10,14-16H,7-9,11-13H2,1H3/t15-/m1/s1. The van der Waals surface area contributed by atoms with Crippen molar-refractivity contribution in [1.82, 2.24) is 9.21 Å². The third kappa shape index (κ3) is 3.44. The lowest BCUT2D eigenvalue weighted by atomic mass is 9.93. The van der Waals surface area contributed by atoms with Gasteiger partial charge < -0.3 is 4.90 Å². The van der Waals surface area contributed by atoms with Gasteiger partial charge >= 0.3 is 0 Å². The Morgan fingerprint density at radius 2 is 1.78 bits per heavy atom. The summed E-state index contributed by atoms with van der Waals surface area (Å²) in [7, 11) is -3.47. The number of fused-ring (bicyclic) bond motifs is 1. The number of sulfonamides is 1. The van der Waals surface area contributed by atoms with Gasteiger partial charge in [0.25, 0.3) is 0 Å². The van der Waals surface area contributed by atoms with Crippen LogP contribution in [0.4, 0.5) is 0 Å². The summed E-state index contributed by atoms with van der Waals surface area (Å²) in [6.07, 6.45) is 2.10. The highest BCUT2D eigenvalue weighted by Crippen LogP contribution is 2.35. The third-order valence-corrected chi connectivity index (χ3v) is 8.65. The molecule has 7 heteroatoms. The Kier molecular flexibility index (Phi) is 5.09. The summed E-state index contributed by atoms with van der Waals surface area (Å²) in [6.45, 7) is 3.66. The van der Waals surface area contributed by atoms with Gasteiger partial charge in [0.05, 0.1) is 10.9 Å². The topological polar surface area (TPSA) is 57.7 Å². The molecule has 1 atom stereocenters. The van der Waals surface area contributed by atoms with E-state index in [0.29, 0.717) is 30.8 Å².